The highest BCUT2D eigenvalue weighted by molar-refractivity contribution is 5.39. The van der Waals surface area contributed by atoms with Crippen LogP contribution in [0.4, 0.5) is 0 Å². The summed E-state index contributed by atoms with van der Waals surface area (Å²) in [6.07, 6.45) is 3.17. The second-order valence-corrected chi connectivity index (χ2v) is 4.98. The van der Waals surface area contributed by atoms with Gasteiger partial charge in [0, 0.05) is 13.2 Å². The molecule has 1 N–H and O–H groups in total. The molecular weight excluding hydrogens is 266 g/mol. The first-order valence-electron chi connectivity index (χ1n) is 7.88. The van der Waals surface area contributed by atoms with Crippen molar-refractivity contribution >= 4 is 0 Å². The lowest BCUT2D eigenvalue weighted by Gasteiger charge is -2.18. The summed E-state index contributed by atoms with van der Waals surface area (Å²) >= 11 is 0. The second kappa shape index (κ2) is 11.4. The van der Waals surface area contributed by atoms with Crippen LogP contribution in [0.5, 0.6) is 11.5 Å². The second-order valence-electron chi connectivity index (χ2n) is 4.98. The van der Waals surface area contributed by atoms with E-state index in [-0.39, 0.29) is 0 Å². The van der Waals surface area contributed by atoms with Crippen LogP contribution in [-0.2, 0) is 4.74 Å². The zero-order valence-corrected chi connectivity index (χ0v) is 13.6. The van der Waals surface area contributed by atoms with E-state index in [1.165, 1.54) is 0 Å². The molecule has 0 aliphatic rings. The summed E-state index contributed by atoms with van der Waals surface area (Å²) in [5, 5.41) is 3.50. The topological polar surface area (TPSA) is 39.7 Å². The summed E-state index contributed by atoms with van der Waals surface area (Å²) in [7, 11) is 1.75. The average molecular weight is 295 g/mol. The molecule has 0 heterocycles. The molecule has 1 aromatic rings. The van der Waals surface area contributed by atoms with Gasteiger partial charge in [-0.05, 0) is 44.9 Å². The Hall–Kier alpha value is -1.26. The highest BCUT2D eigenvalue weighted by Gasteiger charge is 2.08. The van der Waals surface area contributed by atoms with Crippen molar-refractivity contribution in [3.63, 3.8) is 0 Å². The van der Waals surface area contributed by atoms with Gasteiger partial charge in [-0.3, -0.25) is 0 Å². The zero-order chi connectivity index (χ0) is 15.3. The Balaban J connectivity index is 2.31. The molecule has 0 saturated carbocycles. The molecule has 4 heteroatoms. The van der Waals surface area contributed by atoms with Crippen molar-refractivity contribution in [2.45, 2.75) is 39.2 Å². The van der Waals surface area contributed by atoms with Gasteiger partial charge in [0.25, 0.3) is 0 Å². The lowest BCUT2D eigenvalue weighted by Crippen LogP contribution is -2.34. The van der Waals surface area contributed by atoms with E-state index in [2.05, 4.69) is 12.2 Å². The van der Waals surface area contributed by atoms with Gasteiger partial charge in [-0.15, -0.1) is 0 Å². The largest absolute Gasteiger partial charge is 0.490 e. The Morgan fingerprint density at radius 1 is 1.10 bits per heavy atom. The van der Waals surface area contributed by atoms with Crippen LogP contribution >= 0.6 is 0 Å². The minimum atomic E-state index is 0.403. The number of hydrogen-bond donors (Lipinski definition) is 1. The van der Waals surface area contributed by atoms with E-state index in [4.69, 9.17) is 14.2 Å². The number of rotatable bonds is 12. The van der Waals surface area contributed by atoms with E-state index in [0.717, 1.165) is 43.9 Å². The van der Waals surface area contributed by atoms with Crippen LogP contribution in [0.15, 0.2) is 24.3 Å². The van der Waals surface area contributed by atoms with E-state index in [1.54, 1.807) is 7.11 Å². The van der Waals surface area contributed by atoms with Gasteiger partial charge in [0.2, 0.25) is 0 Å². The van der Waals surface area contributed by atoms with Crippen LogP contribution in [0.2, 0.25) is 0 Å². The number of para-hydroxylation sites is 2. The normalized spacial score (nSPS) is 12.1. The van der Waals surface area contributed by atoms with Crippen molar-refractivity contribution in [3.8, 4) is 11.5 Å². The monoisotopic (exact) mass is 295 g/mol. The number of nitrogens with one attached hydrogen (secondary N) is 1. The van der Waals surface area contributed by atoms with Crippen molar-refractivity contribution in [2.24, 2.45) is 0 Å². The third-order valence-electron chi connectivity index (χ3n) is 3.15. The first-order chi connectivity index (χ1) is 10.3. The quantitative estimate of drug-likeness (QED) is 0.601. The molecule has 0 aliphatic heterocycles. The van der Waals surface area contributed by atoms with Gasteiger partial charge >= 0.3 is 0 Å². The molecule has 0 bridgehead atoms. The third kappa shape index (κ3) is 7.34. The Labute approximate surface area is 128 Å². The molecule has 1 aromatic carbocycles. The number of methoxy groups -OCH3 is 1. The maximum atomic E-state index is 5.83. The van der Waals surface area contributed by atoms with Crippen molar-refractivity contribution < 1.29 is 14.2 Å². The molecule has 21 heavy (non-hydrogen) atoms. The maximum Gasteiger partial charge on any atom is 0.161 e. The zero-order valence-electron chi connectivity index (χ0n) is 13.6. The van der Waals surface area contributed by atoms with Crippen LogP contribution in [-0.4, -0.2) is 39.5 Å². The lowest BCUT2D eigenvalue weighted by atomic mass is 10.1. The van der Waals surface area contributed by atoms with Crippen LogP contribution in [0.25, 0.3) is 0 Å². The minimum absolute atomic E-state index is 0.403. The summed E-state index contributed by atoms with van der Waals surface area (Å²) in [4.78, 5) is 0. The van der Waals surface area contributed by atoms with Crippen molar-refractivity contribution in [2.75, 3.05) is 33.5 Å². The first kappa shape index (κ1) is 17.8. The van der Waals surface area contributed by atoms with Crippen LogP contribution in [0.3, 0.4) is 0 Å². The van der Waals surface area contributed by atoms with Crippen LogP contribution in [0.1, 0.15) is 33.1 Å². The third-order valence-corrected chi connectivity index (χ3v) is 3.15. The predicted octanol–water partition coefficient (Wildman–Crippen LogP) is 3.26. The standard InChI is InChI=1S/C17H29NO3/c1-4-12-18-15(14-19-3)9-8-13-21-17-11-7-6-10-16(17)20-5-2/h6-7,10-11,15,18H,4-5,8-9,12-14H2,1-3H3. The van der Waals surface area contributed by atoms with Crippen molar-refractivity contribution in [1.82, 2.24) is 5.32 Å². The average Bonchev–Trinajstić information content (AvgIpc) is 2.50. The van der Waals surface area contributed by atoms with E-state index < -0.39 is 0 Å². The number of ether oxygens (including phenoxy) is 3. The predicted molar refractivity (Wildman–Crippen MR) is 86.3 cm³/mol. The van der Waals surface area contributed by atoms with E-state index in [1.807, 2.05) is 31.2 Å². The van der Waals surface area contributed by atoms with Crippen molar-refractivity contribution in [3.05, 3.63) is 24.3 Å². The molecule has 1 atom stereocenters. The summed E-state index contributed by atoms with van der Waals surface area (Å²) in [5.41, 5.74) is 0. The van der Waals surface area contributed by atoms with Gasteiger partial charge < -0.3 is 19.5 Å². The highest BCUT2D eigenvalue weighted by Crippen LogP contribution is 2.26. The lowest BCUT2D eigenvalue weighted by molar-refractivity contribution is 0.157. The van der Waals surface area contributed by atoms with Gasteiger partial charge in [-0.25, -0.2) is 0 Å². The highest BCUT2D eigenvalue weighted by atomic mass is 16.5. The van der Waals surface area contributed by atoms with Gasteiger partial charge in [-0.2, -0.15) is 0 Å². The van der Waals surface area contributed by atoms with Gasteiger partial charge in [0.05, 0.1) is 19.8 Å². The Morgan fingerprint density at radius 3 is 2.43 bits per heavy atom. The maximum absolute atomic E-state index is 5.83. The molecule has 0 aromatic heterocycles. The minimum Gasteiger partial charge on any atom is -0.490 e. The molecule has 0 saturated heterocycles. The number of benzene rings is 1. The number of hydrogen-bond acceptors (Lipinski definition) is 4. The Morgan fingerprint density at radius 2 is 1.81 bits per heavy atom. The fourth-order valence-corrected chi connectivity index (χ4v) is 2.15. The molecule has 1 unspecified atom stereocenters. The van der Waals surface area contributed by atoms with Gasteiger partial charge in [-0.1, -0.05) is 19.1 Å². The summed E-state index contributed by atoms with van der Waals surface area (Å²) < 4.78 is 16.6. The molecule has 0 fully saturated rings. The molecule has 0 amide bonds. The Kier molecular flexibility index (Phi) is 9.66. The molecular formula is C17H29NO3. The van der Waals surface area contributed by atoms with Gasteiger partial charge in [0.15, 0.2) is 11.5 Å². The fraction of sp³-hybridized carbons (Fsp3) is 0.647. The summed E-state index contributed by atoms with van der Waals surface area (Å²) in [6.45, 7) is 7.27. The van der Waals surface area contributed by atoms with Gasteiger partial charge in [0.1, 0.15) is 0 Å². The smallest absolute Gasteiger partial charge is 0.161 e. The molecule has 0 spiro atoms. The summed E-state index contributed by atoms with van der Waals surface area (Å²) in [6, 6.07) is 8.22. The molecule has 4 nitrogen and oxygen atoms in total. The van der Waals surface area contributed by atoms with Crippen LogP contribution < -0.4 is 14.8 Å². The SMILES string of the molecule is CCCNC(CCCOc1ccccc1OCC)COC. The van der Waals surface area contributed by atoms with Crippen molar-refractivity contribution in [1.29, 1.82) is 0 Å². The molecule has 1 rings (SSSR count). The van der Waals surface area contributed by atoms with E-state index in [0.29, 0.717) is 19.3 Å². The fourth-order valence-electron chi connectivity index (χ4n) is 2.15. The first-order valence-corrected chi connectivity index (χ1v) is 7.88. The summed E-state index contributed by atoms with van der Waals surface area (Å²) in [5.74, 6) is 1.64. The molecule has 0 aliphatic carbocycles. The molecule has 0 radical (unpaired) electrons. The van der Waals surface area contributed by atoms with E-state index >= 15 is 0 Å². The molecule has 120 valence electrons. The Bertz CT molecular complexity index is 371. The van der Waals surface area contributed by atoms with E-state index in [9.17, 15) is 0 Å². The van der Waals surface area contributed by atoms with Crippen LogP contribution in [0, 0.1) is 0 Å².